The number of carbonyl (C=O) groups excluding carboxylic acids is 1. The Morgan fingerprint density at radius 2 is 1.93 bits per heavy atom. The van der Waals surface area contributed by atoms with Crippen molar-refractivity contribution in [2.45, 2.75) is 25.3 Å². The van der Waals surface area contributed by atoms with Crippen LogP contribution in [0.1, 0.15) is 41.2 Å². The molecule has 1 aliphatic heterocycles. The predicted molar refractivity (Wildman–Crippen MR) is 104 cm³/mol. The number of hydrogen-bond donors (Lipinski definition) is 2. The van der Waals surface area contributed by atoms with Crippen LogP contribution in [-0.4, -0.2) is 47.2 Å². The van der Waals surface area contributed by atoms with Crippen LogP contribution < -0.4 is 10.1 Å². The van der Waals surface area contributed by atoms with Crippen molar-refractivity contribution in [2.75, 3.05) is 20.2 Å². The molecule has 2 aromatic rings. The molecular weight excluding hydrogens is 358 g/mol. The van der Waals surface area contributed by atoms with Gasteiger partial charge in [0.15, 0.2) is 0 Å². The number of piperidine rings is 1. The highest BCUT2D eigenvalue weighted by atomic mass is 16.5. The molecule has 0 radical (unpaired) electrons. The molecule has 1 aliphatic rings. The van der Waals surface area contributed by atoms with Crippen LogP contribution in [0.5, 0.6) is 5.88 Å². The Hall–Kier alpha value is -3.09. The Kier molecular flexibility index (Phi) is 6.47. The Bertz CT molecular complexity index is 787. The van der Waals surface area contributed by atoms with Gasteiger partial charge < -0.3 is 20.1 Å². The minimum Gasteiger partial charge on any atom is -0.481 e. The summed E-state index contributed by atoms with van der Waals surface area (Å²) >= 11 is 0. The highest BCUT2D eigenvalue weighted by Gasteiger charge is 2.26. The van der Waals surface area contributed by atoms with E-state index in [2.05, 4.69) is 10.3 Å². The van der Waals surface area contributed by atoms with E-state index in [1.54, 1.807) is 12.1 Å². The lowest BCUT2D eigenvalue weighted by Crippen LogP contribution is -2.39. The zero-order valence-corrected chi connectivity index (χ0v) is 15.9. The number of rotatable bonds is 6. The first-order valence-electron chi connectivity index (χ1n) is 9.40. The lowest BCUT2D eigenvalue weighted by molar-refractivity contribution is 0.0922. The number of nitrogens with zero attached hydrogens (tertiary/aromatic N) is 2. The quantitative estimate of drug-likeness (QED) is 0.798. The van der Waals surface area contributed by atoms with Crippen molar-refractivity contribution in [1.82, 2.24) is 15.2 Å². The van der Waals surface area contributed by atoms with Gasteiger partial charge in [0.25, 0.3) is 5.91 Å². The Balaban J connectivity index is 1.69. The number of aromatic nitrogens is 1. The molecule has 1 fully saturated rings. The van der Waals surface area contributed by atoms with E-state index in [9.17, 15) is 9.59 Å². The fourth-order valence-electron chi connectivity index (χ4n) is 3.53. The van der Waals surface area contributed by atoms with E-state index < -0.39 is 6.09 Å². The second-order valence-corrected chi connectivity index (χ2v) is 6.97. The number of methoxy groups -OCH3 is 1. The summed E-state index contributed by atoms with van der Waals surface area (Å²) in [5, 5.41) is 12.2. The summed E-state index contributed by atoms with van der Waals surface area (Å²) in [5.74, 6) is 0.628. The molecule has 7 nitrogen and oxygen atoms in total. The summed E-state index contributed by atoms with van der Waals surface area (Å²) in [7, 11) is 1.53. The minimum absolute atomic E-state index is 0.142. The standard InChI is InChI=1S/C21H25N3O4/c1-28-19-8-7-17(14-22-19)20(25)23-18(16-5-3-2-4-6-16)13-15-9-11-24(12-10-15)21(26)27/h2-8,14-15,18H,9-13H2,1H3,(H,23,25)(H,26,27)/t18-/m0/s1. The topological polar surface area (TPSA) is 91.8 Å². The molecule has 2 N–H and O–H groups in total. The summed E-state index contributed by atoms with van der Waals surface area (Å²) in [4.78, 5) is 29.4. The first-order valence-corrected chi connectivity index (χ1v) is 9.40. The second-order valence-electron chi connectivity index (χ2n) is 6.97. The molecule has 1 aromatic heterocycles. The van der Waals surface area contributed by atoms with Gasteiger partial charge in [-0.15, -0.1) is 0 Å². The molecule has 148 valence electrons. The normalized spacial score (nSPS) is 15.7. The highest BCUT2D eigenvalue weighted by Crippen LogP contribution is 2.29. The maximum atomic E-state index is 12.7. The van der Waals surface area contributed by atoms with Gasteiger partial charge in [-0.3, -0.25) is 4.79 Å². The van der Waals surface area contributed by atoms with E-state index in [1.807, 2.05) is 30.3 Å². The SMILES string of the molecule is COc1ccc(C(=O)N[C@@H](CC2CCN(C(=O)O)CC2)c2ccccc2)cn1. The molecule has 0 bridgehead atoms. The summed E-state index contributed by atoms with van der Waals surface area (Å²) in [6.07, 6.45) is 3.01. The summed E-state index contributed by atoms with van der Waals surface area (Å²) in [5.41, 5.74) is 1.51. The van der Waals surface area contributed by atoms with Crippen LogP contribution in [0.25, 0.3) is 0 Å². The molecule has 2 heterocycles. The van der Waals surface area contributed by atoms with Gasteiger partial charge in [0.05, 0.1) is 18.7 Å². The summed E-state index contributed by atoms with van der Waals surface area (Å²) < 4.78 is 5.04. The van der Waals surface area contributed by atoms with Crippen molar-refractivity contribution in [3.05, 3.63) is 59.8 Å². The van der Waals surface area contributed by atoms with Crippen LogP contribution in [0.15, 0.2) is 48.7 Å². The van der Waals surface area contributed by atoms with E-state index in [0.717, 1.165) is 24.8 Å². The third kappa shape index (κ3) is 5.00. The maximum Gasteiger partial charge on any atom is 0.407 e. The van der Waals surface area contributed by atoms with E-state index in [4.69, 9.17) is 9.84 Å². The Labute approximate surface area is 164 Å². The summed E-state index contributed by atoms with van der Waals surface area (Å²) in [6, 6.07) is 13.1. The van der Waals surface area contributed by atoms with Gasteiger partial charge in [0.2, 0.25) is 5.88 Å². The molecular formula is C21H25N3O4. The number of carboxylic acid groups (broad SMARTS) is 1. The fraction of sp³-hybridized carbons (Fsp3) is 0.381. The molecule has 0 saturated carbocycles. The largest absolute Gasteiger partial charge is 0.481 e. The lowest BCUT2D eigenvalue weighted by Gasteiger charge is -2.32. The number of benzene rings is 1. The van der Waals surface area contributed by atoms with Gasteiger partial charge in [0.1, 0.15) is 0 Å². The van der Waals surface area contributed by atoms with E-state index in [0.29, 0.717) is 30.5 Å². The first kappa shape index (κ1) is 19.7. The molecule has 0 aliphatic carbocycles. The van der Waals surface area contributed by atoms with Gasteiger partial charge in [0, 0.05) is 25.4 Å². The third-order valence-corrected chi connectivity index (χ3v) is 5.17. The van der Waals surface area contributed by atoms with E-state index >= 15 is 0 Å². The molecule has 1 atom stereocenters. The van der Waals surface area contributed by atoms with Crippen LogP contribution in [-0.2, 0) is 0 Å². The van der Waals surface area contributed by atoms with Crippen molar-refractivity contribution in [3.8, 4) is 5.88 Å². The molecule has 3 rings (SSSR count). The van der Waals surface area contributed by atoms with Gasteiger partial charge >= 0.3 is 6.09 Å². The van der Waals surface area contributed by atoms with Crippen molar-refractivity contribution < 1.29 is 19.4 Å². The number of amides is 2. The zero-order chi connectivity index (χ0) is 19.9. The van der Waals surface area contributed by atoms with Crippen LogP contribution in [0.3, 0.4) is 0 Å². The monoisotopic (exact) mass is 383 g/mol. The van der Waals surface area contributed by atoms with Crippen LogP contribution in [0.4, 0.5) is 4.79 Å². The molecule has 7 heteroatoms. The molecule has 0 unspecified atom stereocenters. The van der Waals surface area contributed by atoms with Crippen LogP contribution >= 0.6 is 0 Å². The zero-order valence-electron chi connectivity index (χ0n) is 15.9. The van der Waals surface area contributed by atoms with Crippen molar-refractivity contribution in [3.63, 3.8) is 0 Å². The molecule has 1 aromatic carbocycles. The number of likely N-dealkylation sites (tertiary alicyclic amines) is 1. The minimum atomic E-state index is -0.863. The van der Waals surface area contributed by atoms with Gasteiger partial charge in [-0.05, 0) is 36.8 Å². The van der Waals surface area contributed by atoms with Gasteiger partial charge in [-0.1, -0.05) is 30.3 Å². The smallest absolute Gasteiger partial charge is 0.407 e. The fourth-order valence-corrected chi connectivity index (χ4v) is 3.53. The Morgan fingerprint density at radius 3 is 2.50 bits per heavy atom. The van der Waals surface area contributed by atoms with Gasteiger partial charge in [-0.2, -0.15) is 0 Å². The molecule has 28 heavy (non-hydrogen) atoms. The second kappa shape index (κ2) is 9.21. The number of ether oxygens (including phenoxy) is 1. The number of pyridine rings is 1. The van der Waals surface area contributed by atoms with Crippen molar-refractivity contribution in [2.24, 2.45) is 5.92 Å². The lowest BCUT2D eigenvalue weighted by atomic mass is 9.87. The molecule has 2 amide bonds. The van der Waals surface area contributed by atoms with Crippen LogP contribution in [0, 0.1) is 5.92 Å². The number of carbonyl (C=O) groups is 2. The van der Waals surface area contributed by atoms with Crippen molar-refractivity contribution in [1.29, 1.82) is 0 Å². The number of hydrogen-bond acceptors (Lipinski definition) is 4. The predicted octanol–water partition coefficient (Wildman–Crippen LogP) is 3.34. The van der Waals surface area contributed by atoms with E-state index in [-0.39, 0.29) is 11.9 Å². The third-order valence-electron chi connectivity index (χ3n) is 5.17. The molecule has 1 saturated heterocycles. The highest BCUT2D eigenvalue weighted by molar-refractivity contribution is 5.94. The Morgan fingerprint density at radius 1 is 1.21 bits per heavy atom. The maximum absolute atomic E-state index is 12.7. The summed E-state index contributed by atoms with van der Waals surface area (Å²) in [6.45, 7) is 1.08. The molecule has 0 spiro atoms. The van der Waals surface area contributed by atoms with E-state index in [1.165, 1.54) is 18.2 Å². The first-order chi connectivity index (χ1) is 13.6. The average molecular weight is 383 g/mol. The number of nitrogens with one attached hydrogen (secondary N) is 1. The van der Waals surface area contributed by atoms with Crippen LogP contribution in [0.2, 0.25) is 0 Å². The average Bonchev–Trinajstić information content (AvgIpc) is 2.74. The van der Waals surface area contributed by atoms with Crippen molar-refractivity contribution >= 4 is 12.0 Å². The van der Waals surface area contributed by atoms with Gasteiger partial charge in [-0.25, -0.2) is 9.78 Å².